The lowest BCUT2D eigenvalue weighted by atomic mass is 9.58. The summed E-state index contributed by atoms with van der Waals surface area (Å²) in [7, 11) is 3.22. The quantitative estimate of drug-likeness (QED) is 0.367. The SMILES string of the molecule is CCC(C)(C)N1Cc2cc3c(c(O)c2C1)C(=O)C1=C(O)[C@]2(O)C(=O)C(C(N)=O)=C(O)[C@@H](N(C)C)[C@@H]2C[C@@H]1C3. The minimum Gasteiger partial charge on any atom is -0.510 e. The number of carbonyl (C=O) groups excluding carboxylic acids is 3. The lowest BCUT2D eigenvalue weighted by molar-refractivity contribution is -0.148. The molecule has 10 heteroatoms. The van der Waals surface area contributed by atoms with E-state index in [4.69, 9.17) is 5.73 Å². The van der Waals surface area contributed by atoms with Crippen LogP contribution in [0.15, 0.2) is 28.7 Å². The molecule has 0 aromatic heterocycles. The van der Waals surface area contributed by atoms with E-state index in [9.17, 15) is 34.8 Å². The first-order chi connectivity index (χ1) is 17.7. The summed E-state index contributed by atoms with van der Waals surface area (Å²) < 4.78 is 0. The number of allylic oxidation sites excluding steroid dienone is 1. The number of phenolic OH excluding ortho intramolecular Hbond substituents is 1. The molecule has 1 amide bonds. The number of ketones is 2. The Morgan fingerprint density at radius 1 is 1.18 bits per heavy atom. The zero-order valence-electron chi connectivity index (χ0n) is 22.3. The van der Waals surface area contributed by atoms with E-state index in [2.05, 4.69) is 25.7 Å². The number of aliphatic hydroxyl groups excluding tert-OH is 2. The van der Waals surface area contributed by atoms with Gasteiger partial charge in [-0.2, -0.15) is 0 Å². The molecule has 0 radical (unpaired) electrons. The number of hydrogen-bond acceptors (Lipinski definition) is 9. The van der Waals surface area contributed by atoms with Crippen LogP contribution in [0, 0.1) is 11.8 Å². The topological polar surface area (TPSA) is 165 Å². The lowest BCUT2D eigenvalue weighted by Gasteiger charge is -2.50. The number of benzene rings is 1. The molecule has 4 atom stereocenters. The highest BCUT2D eigenvalue weighted by Gasteiger charge is 2.63. The van der Waals surface area contributed by atoms with Crippen LogP contribution in [0.5, 0.6) is 5.75 Å². The fourth-order valence-corrected chi connectivity index (χ4v) is 6.83. The molecule has 0 saturated carbocycles. The van der Waals surface area contributed by atoms with Crippen molar-refractivity contribution in [1.82, 2.24) is 9.80 Å². The normalized spacial score (nSPS) is 29.4. The molecule has 6 N–H and O–H groups in total. The fourth-order valence-electron chi connectivity index (χ4n) is 6.83. The molecule has 0 unspecified atom stereocenters. The number of rotatable bonds is 4. The Hall–Kier alpha value is -3.21. The Kier molecular flexibility index (Phi) is 5.83. The molecule has 1 aromatic carbocycles. The minimum atomic E-state index is -2.63. The van der Waals surface area contributed by atoms with E-state index in [0.29, 0.717) is 30.6 Å². The number of amides is 1. The van der Waals surface area contributed by atoms with E-state index >= 15 is 0 Å². The summed E-state index contributed by atoms with van der Waals surface area (Å²) in [6, 6.07) is 0.944. The molecule has 4 aliphatic rings. The first-order valence-electron chi connectivity index (χ1n) is 12.9. The van der Waals surface area contributed by atoms with Gasteiger partial charge in [0.2, 0.25) is 5.78 Å². The number of nitrogens with zero attached hydrogens (tertiary/aromatic N) is 2. The van der Waals surface area contributed by atoms with Crippen molar-refractivity contribution in [2.45, 2.75) is 70.3 Å². The maximum absolute atomic E-state index is 13.9. The molecule has 0 bridgehead atoms. The molecule has 10 nitrogen and oxygen atoms in total. The van der Waals surface area contributed by atoms with Gasteiger partial charge in [-0.3, -0.25) is 24.2 Å². The highest BCUT2D eigenvalue weighted by molar-refractivity contribution is 6.24. The minimum absolute atomic E-state index is 0.0701. The van der Waals surface area contributed by atoms with Crippen molar-refractivity contribution in [3.8, 4) is 5.75 Å². The van der Waals surface area contributed by atoms with Gasteiger partial charge in [-0.05, 0) is 64.3 Å². The molecule has 204 valence electrons. The number of Topliss-reactive ketones (excluding diaryl/α,β-unsaturated/α-hetero) is 2. The van der Waals surface area contributed by atoms with Crippen LogP contribution in [0.3, 0.4) is 0 Å². The summed E-state index contributed by atoms with van der Waals surface area (Å²) in [5.41, 5.74) is 4.02. The van der Waals surface area contributed by atoms with E-state index in [-0.39, 0.29) is 28.8 Å². The molecule has 1 heterocycles. The molecule has 1 aromatic rings. The Bertz CT molecular complexity index is 1360. The Morgan fingerprint density at radius 2 is 1.84 bits per heavy atom. The maximum Gasteiger partial charge on any atom is 0.255 e. The smallest absolute Gasteiger partial charge is 0.255 e. The van der Waals surface area contributed by atoms with Gasteiger partial charge < -0.3 is 26.2 Å². The average molecular weight is 526 g/mol. The van der Waals surface area contributed by atoms with Gasteiger partial charge in [-0.1, -0.05) is 13.0 Å². The lowest BCUT2D eigenvalue weighted by Crippen LogP contribution is -2.63. The van der Waals surface area contributed by atoms with Gasteiger partial charge in [0, 0.05) is 35.7 Å². The second-order valence-electron chi connectivity index (χ2n) is 11.9. The van der Waals surface area contributed by atoms with Gasteiger partial charge in [0.1, 0.15) is 22.8 Å². The second kappa shape index (κ2) is 8.39. The van der Waals surface area contributed by atoms with Crippen LogP contribution in [-0.2, 0) is 29.1 Å². The summed E-state index contributed by atoms with van der Waals surface area (Å²) in [6.45, 7) is 7.46. The van der Waals surface area contributed by atoms with E-state index in [1.54, 1.807) is 19.0 Å². The summed E-state index contributed by atoms with van der Waals surface area (Å²) in [5.74, 6) is -6.27. The summed E-state index contributed by atoms with van der Waals surface area (Å²) in [6.07, 6.45) is 1.28. The predicted octanol–water partition coefficient (Wildman–Crippen LogP) is 1.62. The number of nitrogens with two attached hydrogens (primary N) is 1. The maximum atomic E-state index is 13.9. The van der Waals surface area contributed by atoms with Crippen molar-refractivity contribution in [3.63, 3.8) is 0 Å². The van der Waals surface area contributed by atoms with Gasteiger partial charge in [-0.25, -0.2) is 0 Å². The van der Waals surface area contributed by atoms with E-state index in [1.165, 1.54) is 0 Å². The number of primary amides is 1. The van der Waals surface area contributed by atoms with Gasteiger partial charge >= 0.3 is 0 Å². The van der Waals surface area contributed by atoms with Crippen LogP contribution in [0.1, 0.15) is 60.7 Å². The number of likely N-dealkylation sites (N-methyl/N-ethyl adjacent to an activating group) is 1. The first-order valence-corrected chi connectivity index (χ1v) is 12.9. The van der Waals surface area contributed by atoms with Crippen molar-refractivity contribution in [3.05, 3.63) is 51.0 Å². The van der Waals surface area contributed by atoms with Crippen LogP contribution < -0.4 is 5.73 Å². The second-order valence-corrected chi connectivity index (χ2v) is 11.9. The number of hydrogen-bond donors (Lipinski definition) is 5. The highest BCUT2D eigenvalue weighted by Crippen LogP contribution is 2.53. The highest BCUT2D eigenvalue weighted by atomic mass is 16.3. The van der Waals surface area contributed by atoms with Crippen LogP contribution in [0.4, 0.5) is 0 Å². The van der Waals surface area contributed by atoms with Crippen LogP contribution in [0.25, 0.3) is 0 Å². The van der Waals surface area contributed by atoms with Crippen molar-refractivity contribution in [2.24, 2.45) is 17.6 Å². The van der Waals surface area contributed by atoms with Crippen LogP contribution in [0.2, 0.25) is 0 Å². The molecule has 0 spiro atoms. The van der Waals surface area contributed by atoms with Crippen LogP contribution >= 0.6 is 0 Å². The number of fused-ring (bicyclic) bond motifs is 4. The third kappa shape index (κ3) is 3.33. The van der Waals surface area contributed by atoms with Crippen molar-refractivity contribution < 1.29 is 34.8 Å². The molecule has 5 rings (SSSR count). The monoisotopic (exact) mass is 525 g/mol. The van der Waals surface area contributed by atoms with Gasteiger partial charge in [-0.15, -0.1) is 0 Å². The molecule has 1 aliphatic heterocycles. The molecule has 0 fully saturated rings. The number of aromatic hydroxyl groups is 1. The Labute approximate surface area is 221 Å². The van der Waals surface area contributed by atoms with Crippen molar-refractivity contribution >= 4 is 17.5 Å². The Morgan fingerprint density at radius 3 is 2.42 bits per heavy atom. The third-order valence-corrected chi connectivity index (χ3v) is 9.34. The van der Waals surface area contributed by atoms with Crippen molar-refractivity contribution in [2.75, 3.05) is 14.1 Å². The number of aliphatic hydroxyl groups is 3. The van der Waals surface area contributed by atoms with E-state index in [0.717, 1.165) is 12.0 Å². The molecule has 0 saturated heterocycles. The first kappa shape index (κ1) is 26.4. The van der Waals surface area contributed by atoms with Crippen molar-refractivity contribution in [1.29, 1.82) is 0 Å². The molecular weight excluding hydrogens is 490 g/mol. The van der Waals surface area contributed by atoms with Gasteiger partial charge in [0.05, 0.1) is 11.6 Å². The Balaban J connectivity index is 1.65. The van der Waals surface area contributed by atoms with Crippen LogP contribution in [-0.4, -0.2) is 79.0 Å². The predicted molar refractivity (Wildman–Crippen MR) is 137 cm³/mol. The number of phenols is 1. The fraction of sp³-hybridized carbons (Fsp3) is 0.536. The van der Waals surface area contributed by atoms with E-state index < -0.39 is 58.0 Å². The largest absolute Gasteiger partial charge is 0.510 e. The molecular formula is C28H35N3O7. The van der Waals surface area contributed by atoms with Gasteiger partial charge in [0.25, 0.3) is 5.91 Å². The zero-order chi connectivity index (χ0) is 28.1. The molecule has 38 heavy (non-hydrogen) atoms. The van der Waals surface area contributed by atoms with Gasteiger partial charge in [0.15, 0.2) is 11.4 Å². The molecule has 3 aliphatic carbocycles. The van der Waals surface area contributed by atoms with E-state index in [1.807, 2.05) is 6.07 Å². The third-order valence-electron chi connectivity index (χ3n) is 9.34. The summed E-state index contributed by atoms with van der Waals surface area (Å²) in [4.78, 5) is 43.1. The number of carbonyl (C=O) groups is 3. The summed E-state index contributed by atoms with van der Waals surface area (Å²) >= 11 is 0. The standard InChI is InChI=1S/C28H35N3O7/c1-6-27(2,3)31-10-14-8-12-7-13-9-16-20(30(4)5)23(34)19(26(29)37)25(36)28(16,38)24(35)18(13)22(33)17(12)21(32)15(14)11-31/h8,13,16,20,32,34-35,38H,6-7,9-11H2,1-5H3,(H2,29,37)/t13-,16-,20-,28-/m0/s1. The summed E-state index contributed by atoms with van der Waals surface area (Å²) in [5, 5.41) is 45.2. The zero-order valence-corrected chi connectivity index (χ0v) is 22.3. The average Bonchev–Trinajstić information content (AvgIpc) is 3.26.